The van der Waals surface area contributed by atoms with Crippen molar-refractivity contribution in [2.45, 2.75) is 270 Å². The number of phosphoric acid groups is 1. The highest BCUT2D eigenvalue weighted by atomic mass is 31.2. The summed E-state index contributed by atoms with van der Waals surface area (Å²) in [5.41, 5.74) is 0. The number of hydrogen-bond acceptors (Lipinski definition) is 6. The Morgan fingerprint density at radius 1 is 0.545 bits per heavy atom. The van der Waals surface area contributed by atoms with Crippen LogP contribution >= 0.6 is 7.82 Å². The lowest BCUT2D eigenvalue weighted by atomic mass is 10.0. The van der Waals surface area contributed by atoms with E-state index >= 15 is 0 Å². The zero-order valence-electron chi connectivity index (χ0n) is 44.2. The van der Waals surface area contributed by atoms with Gasteiger partial charge in [0.25, 0.3) is 0 Å². The third-order valence-corrected chi connectivity index (χ3v) is 13.3. The zero-order chi connectivity index (χ0) is 48.7. The summed E-state index contributed by atoms with van der Waals surface area (Å²) in [6.45, 7) is 6.91. The van der Waals surface area contributed by atoms with E-state index in [0.717, 1.165) is 83.5 Å². The zero-order valence-corrected chi connectivity index (χ0v) is 45.1. The Kier molecular flexibility index (Phi) is 45.7. The van der Waals surface area contributed by atoms with Gasteiger partial charge in [0.1, 0.15) is 19.3 Å². The van der Waals surface area contributed by atoms with E-state index in [2.05, 4.69) is 50.4 Å². The summed E-state index contributed by atoms with van der Waals surface area (Å²) in [5, 5.41) is 3.04. The lowest BCUT2D eigenvalue weighted by Gasteiger charge is -2.27. The molecule has 0 bridgehead atoms. The first-order valence-corrected chi connectivity index (χ1v) is 29.3. The molecule has 0 spiro atoms. The fourth-order valence-electron chi connectivity index (χ4n) is 8.04. The van der Waals surface area contributed by atoms with E-state index in [4.69, 9.17) is 13.8 Å². The van der Waals surface area contributed by atoms with Crippen LogP contribution in [0.2, 0.25) is 0 Å². The monoisotopic (exact) mass is 952 g/mol. The molecule has 0 aromatic heterocycles. The lowest BCUT2D eigenvalue weighted by Crippen LogP contribution is -2.47. The van der Waals surface area contributed by atoms with Gasteiger partial charge in [0.15, 0.2) is 0 Å². The highest BCUT2D eigenvalue weighted by molar-refractivity contribution is 7.47. The Labute approximate surface area is 408 Å². The Hall–Kier alpha value is -1.77. The van der Waals surface area contributed by atoms with E-state index in [1.165, 1.54) is 141 Å². The second kappa shape index (κ2) is 46.9. The molecule has 0 aliphatic carbocycles. The minimum Gasteiger partial charge on any atom is -0.456 e. The van der Waals surface area contributed by atoms with Crippen molar-refractivity contribution in [3.8, 4) is 0 Å². The smallest absolute Gasteiger partial charge is 0.456 e. The predicted molar refractivity (Wildman–Crippen MR) is 282 cm³/mol. The van der Waals surface area contributed by atoms with Crippen molar-refractivity contribution in [2.24, 2.45) is 0 Å². The minimum atomic E-state index is -4.44. The Balaban J connectivity index is 5.40. The summed E-state index contributed by atoms with van der Waals surface area (Å²) in [4.78, 5) is 37.5. The van der Waals surface area contributed by atoms with Crippen molar-refractivity contribution in [3.05, 3.63) is 36.5 Å². The molecule has 0 rings (SSSR count). The summed E-state index contributed by atoms with van der Waals surface area (Å²) in [7, 11) is 1.50. The van der Waals surface area contributed by atoms with Gasteiger partial charge in [-0.15, -0.1) is 0 Å². The van der Waals surface area contributed by atoms with Crippen LogP contribution in [0.15, 0.2) is 36.5 Å². The fourth-order valence-corrected chi connectivity index (χ4v) is 8.77. The third kappa shape index (κ3) is 47.3. The number of hydrogen-bond donors (Lipinski definition) is 2. The second-order valence-electron chi connectivity index (χ2n) is 20.1. The molecular weight excluding hydrogens is 844 g/mol. The van der Waals surface area contributed by atoms with Crippen LogP contribution in [-0.2, 0) is 27.9 Å². The van der Waals surface area contributed by atoms with Crippen LogP contribution < -0.4 is 5.32 Å². The number of nitrogens with zero attached hydrogens (tertiary/aromatic N) is 1. The van der Waals surface area contributed by atoms with E-state index in [1.54, 1.807) is 0 Å². The predicted octanol–water partition coefficient (Wildman–Crippen LogP) is 16.4. The van der Waals surface area contributed by atoms with Gasteiger partial charge in [-0.2, -0.15) is 0 Å². The average molecular weight is 952 g/mol. The Bertz CT molecular complexity index is 1230. The maximum absolute atomic E-state index is 13.5. The fraction of sp³-hybridized carbons (Fsp3) is 0.857. The number of carbonyl (C=O) groups is 2. The topological polar surface area (TPSA) is 111 Å². The number of ether oxygens (including phenoxy) is 1. The number of phosphoric ester groups is 1. The molecule has 388 valence electrons. The number of likely N-dealkylation sites (N-methyl/N-ethyl adjacent to an activating group) is 1. The summed E-state index contributed by atoms with van der Waals surface area (Å²) >= 11 is 0. The number of nitrogens with one attached hydrogen (secondary N) is 1. The standard InChI is InChI=1S/C56H107N2O7P/c1-7-10-13-16-19-22-25-28-31-34-37-40-43-46-49-56(60)65-54(47-44-41-38-35-32-29-26-23-20-17-14-11-8-2)53(52-64-66(61,62)63-51-50-58(4,5)6)57-55(59)48-45-42-39-36-33-30-27-24-21-18-15-12-9-3/h10,13,19,22,44,47,53-54H,7-9,11-12,14-18,20-21,23-43,45-46,48-52H2,1-6H3,(H-,57,59,61,62)/p+1/b13-10+,22-19+,47-44+. The van der Waals surface area contributed by atoms with Crippen molar-refractivity contribution in [1.82, 2.24) is 5.32 Å². The van der Waals surface area contributed by atoms with Crippen molar-refractivity contribution >= 4 is 19.7 Å². The van der Waals surface area contributed by atoms with Gasteiger partial charge in [0.2, 0.25) is 5.91 Å². The second-order valence-corrected chi connectivity index (χ2v) is 21.5. The normalized spacial score (nSPS) is 14.1. The van der Waals surface area contributed by atoms with Crippen molar-refractivity contribution in [2.75, 3.05) is 40.9 Å². The molecule has 3 atom stereocenters. The first-order valence-electron chi connectivity index (χ1n) is 27.8. The molecule has 0 heterocycles. The van der Waals surface area contributed by atoms with E-state index in [9.17, 15) is 19.0 Å². The van der Waals surface area contributed by atoms with Gasteiger partial charge in [0.05, 0.1) is 33.8 Å². The van der Waals surface area contributed by atoms with Crippen molar-refractivity contribution in [1.29, 1.82) is 0 Å². The molecule has 0 aromatic rings. The largest absolute Gasteiger partial charge is 0.472 e. The van der Waals surface area contributed by atoms with Crippen LogP contribution in [0.1, 0.15) is 258 Å². The number of esters is 1. The number of allylic oxidation sites excluding steroid dienone is 5. The Morgan fingerprint density at radius 2 is 0.970 bits per heavy atom. The molecule has 66 heavy (non-hydrogen) atoms. The van der Waals surface area contributed by atoms with Crippen LogP contribution in [-0.4, -0.2) is 74.3 Å². The Morgan fingerprint density at radius 3 is 1.44 bits per heavy atom. The SMILES string of the molecule is CC/C=C/C/C=C/CCCCCCCCCC(=O)OC(/C=C/CCCCCCCCCCCCC)C(COP(=O)(O)OCC[N+](C)(C)C)NC(=O)CCCCCCCCCCCCCCC. The van der Waals surface area contributed by atoms with E-state index in [-0.39, 0.29) is 31.5 Å². The molecule has 0 saturated heterocycles. The maximum atomic E-state index is 13.5. The van der Waals surface area contributed by atoms with E-state index < -0.39 is 20.0 Å². The molecule has 0 saturated carbocycles. The molecule has 0 aliphatic heterocycles. The molecule has 0 aliphatic rings. The van der Waals surface area contributed by atoms with Crippen LogP contribution in [0.25, 0.3) is 0 Å². The van der Waals surface area contributed by atoms with Crippen molar-refractivity contribution in [3.63, 3.8) is 0 Å². The van der Waals surface area contributed by atoms with Crippen LogP contribution in [0, 0.1) is 0 Å². The maximum Gasteiger partial charge on any atom is 0.472 e. The summed E-state index contributed by atoms with van der Waals surface area (Å²) in [6.07, 6.45) is 54.1. The number of rotatable bonds is 50. The van der Waals surface area contributed by atoms with Gasteiger partial charge >= 0.3 is 13.8 Å². The summed E-state index contributed by atoms with van der Waals surface area (Å²) in [6, 6.07) is -0.845. The first-order chi connectivity index (χ1) is 31.9. The minimum absolute atomic E-state index is 0.0408. The first kappa shape index (κ1) is 64.2. The van der Waals surface area contributed by atoms with Gasteiger partial charge in [0, 0.05) is 12.8 Å². The van der Waals surface area contributed by atoms with Crippen LogP contribution in [0.4, 0.5) is 0 Å². The molecule has 1 amide bonds. The van der Waals surface area contributed by atoms with E-state index in [1.807, 2.05) is 33.3 Å². The van der Waals surface area contributed by atoms with Gasteiger partial charge in [-0.25, -0.2) is 4.57 Å². The quantitative estimate of drug-likeness (QED) is 0.0205. The highest BCUT2D eigenvalue weighted by Crippen LogP contribution is 2.43. The van der Waals surface area contributed by atoms with Crippen molar-refractivity contribution < 1.29 is 37.3 Å². The molecular formula is C56H108N2O7P+. The molecule has 0 aromatic carbocycles. The molecule has 3 unspecified atom stereocenters. The molecule has 0 radical (unpaired) electrons. The van der Waals surface area contributed by atoms with Gasteiger partial charge < -0.3 is 19.4 Å². The van der Waals surface area contributed by atoms with Gasteiger partial charge in [-0.3, -0.25) is 18.6 Å². The van der Waals surface area contributed by atoms with Gasteiger partial charge in [-0.1, -0.05) is 225 Å². The molecule has 0 fully saturated rings. The average Bonchev–Trinajstić information content (AvgIpc) is 3.27. The van der Waals surface area contributed by atoms with Crippen LogP contribution in [0.5, 0.6) is 0 Å². The number of unbranched alkanes of at least 4 members (excludes halogenated alkanes) is 30. The highest BCUT2D eigenvalue weighted by Gasteiger charge is 2.30. The molecule has 2 N–H and O–H groups in total. The van der Waals surface area contributed by atoms with E-state index in [0.29, 0.717) is 17.4 Å². The van der Waals surface area contributed by atoms with Crippen LogP contribution in [0.3, 0.4) is 0 Å². The summed E-state index contributed by atoms with van der Waals surface area (Å²) < 4.78 is 30.6. The molecule has 10 heteroatoms. The summed E-state index contributed by atoms with van der Waals surface area (Å²) in [5.74, 6) is -0.507. The number of amides is 1. The lowest BCUT2D eigenvalue weighted by molar-refractivity contribution is -0.870. The molecule has 9 nitrogen and oxygen atoms in total. The third-order valence-electron chi connectivity index (χ3n) is 12.3. The number of quaternary nitrogens is 1. The van der Waals surface area contributed by atoms with Gasteiger partial charge in [-0.05, 0) is 57.4 Å². The number of carbonyl (C=O) groups excluding carboxylic acids is 2.